The van der Waals surface area contributed by atoms with E-state index in [4.69, 9.17) is 4.42 Å². The van der Waals surface area contributed by atoms with E-state index in [9.17, 15) is 9.50 Å². The monoisotopic (exact) mass is 361 g/mol. The minimum absolute atomic E-state index is 0.218. The van der Waals surface area contributed by atoms with Crippen molar-refractivity contribution in [1.29, 1.82) is 0 Å². The molecule has 0 amide bonds. The predicted molar refractivity (Wildman–Crippen MR) is 102 cm³/mol. The van der Waals surface area contributed by atoms with Crippen LogP contribution in [0.25, 0.3) is 0 Å². The van der Waals surface area contributed by atoms with E-state index in [1.165, 1.54) is 6.07 Å². The molecule has 142 valence electrons. The van der Waals surface area contributed by atoms with E-state index in [2.05, 4.69) is 15.6 Å². The van der Waals surface area contributed by atoms with Crippen molar-refractivity contribution >= 4 is 5.96 Å². The lowest BCUT2D eigenvalue weighted by atomic mass is 9.96. The molecule has 3 N–H and O–H groups in total. The minimum atomic E-state index is -1.09. The van der Waals surface area contributed by atoms with Crippen LogP contribution in [-0.2, 0) is 12.1 Å². The zero-order valence-corrected chi connectivity index (χ0v) is 16.1. The Balaban J connectivity index is 2.07. The average Bonchev–Trinajstić information content (AvgIpc) is 2.92. The molecular weight excluding hydrogens is 333 g/mol. The standard InChI is InChI=1S/C20H28FN3O2/c1-6-22-19(23-11-16-7-8-18(21)13(2)9-16)24-12-20(5,25)17-10-14(3)26-15(17)4/h7-10,25H,6,11-12H2,1-5H3,(H2,22,23,24). The second kappa shape index (κ2) is 8.36. The van der Waals surface area contributed by atoms with Crippen LogP contribution in [0.15, 0.2) is 33.7 Å². The lowest BCUT2D eigenvalue weighted by molar-refractivity contribution is 0.0601. The maximum atomic E-state index is 13.4. The summed E-state index contributed by atoms with van der Waals surface area (Å²) < 4.78 is 18.9. The number of guanidine groups is 1. The van der Waals surface area contributed by atoms with E-state index in [0.29, 0.717) is 30.4 Å². The zero-order valence-electron chi connectivity index (χ0n) is 16.1. The van der Waals surface area contributed by atoms with Crippen LogP contribution in [0.3, 0.4) is 0 Å². The molecule has 1 heterocycles. The molecule has 1 aromatic heterocycles. The molecule has 0 saturated carbocycles. The largest absolute Gasteiger partial charge is 0.466 e. The molecule has 0 fully saturated rings. The second-order valence-corrected chi connectivity index (χ2v) is 6.73. The van der Waals surface area contributed by atoms with Crippen LogP contribution in [0.2, 0.25) is 0 Å². The summed E-state index contributed by atoms with van der Waals surface area (Å²) in [4.78, 5) is 4.52. The van der Waals surface area contributed by atoms with Gasteiger partial charge in [0, 0.05) is 12.1 Å². The van der Waals surface area contributed by atoms with Crippen LogP contribution in [0.4, 0.5) is 4.39 Å². The molecule has 2 aromatic rings. The van der Waals surface area contributed by atoms with Gasteiger partial charge in [-0.25, -0.2) is 9.38 Å². The summed E-state index contributed by atoms with van der Waals surface area (Å²) in [6, 6.07) is 6.82. The number of furan rings is 1. The van der Waals surface area contributed by atoms with Gasteiger partial charge in [0.1, 0.15) is 22.9 Å². The first-order valence-electron chi connectivity index (χ1n) is 8.80. The van der Waals surface area contributed by atoms with Crippen molar-refractivity contribution in [2.45, 2.75) is 46.8 Å². The summed E-state index contributed by atoms with van der Waals surface area (Å²) in [6.45, 7) is 10.5. The summed E-state index contributed by atoms with van der Waals surface area (Å²) >= 11 is 0. The van der Waals surface area contributed by atoms with Crippen molar-refractivity contribution in [3.05, 3.63) is 58.3 Å². The van der Waals surface area contributed by atoms with Crippen LogP contribution in [0.1, 0.15) is 42.1 Å². The SMILES string of the molecule is CCNC(=NCc1ccc(F)c(C)c1)NCC(C)(O)c1cc(C)oc1C. The van der Waals surface area contributed by atoms with E-state index < -0.39 is 5.60 Å². The van der Waals surface area contributed by atoms with Crippen LogP contribution in [0, 0.1) is 26.6 Å². The lowest BCUT2D eigenvalue weighted by Gasteiger charge is -2.24. The number of rotatable bonds is 6. The topological polar surface area (TPSA) is 69.8 Å². The van der Waals surface area contributed by atoms with Crippen LogP contribution >= 0.6 is 0 Å². The summed E-state index contributed by atoms with van der Waals surface area (Å²) in [6.07, 6.45) is 0. The van der Waals surface area contributed by atoms with Gasteiger partial charge < -0.3 is 20.2 Å². The average molecular weight is 361 g/mol. The molecule has 2 rings (SSSR count). The molecule has 0 aliphatic rings. The molecule has 0 spiro atoms. The first-order chi connectivity index (χ1) is 12.2. The fourth-order valence-corrected chi connectivity index (χ4v) is 2.83. The molecule has 0 aliphatic carbocycles. The highest BCUT2D eigenvalue weighted by Crippen LogP contribution is 2.26. The highest BCUT2D eigenvalue weighted by atomic mass is 19.1. The van der Waals surface area contributed by atoms with Crippen LogP contribution in [0.5, 0.6) is 0 Å². The molecule has 1 atom stereocenters. The van der Waals surface area contributed by atoms with Gasteiger partial charge in [0.15, 0.2) is 5.96 Å². The Hall–Kier alpha value is -2.34. The van der Waals surface area contributed by atoms with Gasteiger partial charge in [0.05, 0.1) is 13.1 Å². The first kappa shape index (κ1) is 20.0. The Morgan fingerprint density at radius 1 is 1.23 bits per heavy atom. The second-order valence-electron chi connectivity index (χ2n) is 6.73. The third-order valence-electron chi connectivity index (χ3n) is 4.21. The van der Waals surface area contributed by atoms with Crippen LogP contribution < -0.4 is 10.6 Å². The van der Waals surface area contributed by atoms with Gasteiger partial charge in [-0.15, -0.1) is 0 Å². The fourth-order valence-electron chi connectivity index (χ4n) is 2.83. The highest BCUT2D eigenvalue weighted by Gasteiger charge is 2.27. The van der Waals surface area contributed by atoms with Gasteiger partial charge in [0.25, 0.3) is 0 Å². The maximum Gasteiger partial charge on any atom is 0.191 e. The first-order valence-corrected chi connectivity index (χ1v) is 8.80. The minimum Gasteiger partial charge on any atom is -0.466 e. The van der Waals surface area contributed by atoms with E-state index in [1.807, 2.05) is 26.8 Å². The van der Waals surface area contributed by atoms with Gasteiger partial charge in [-0.05, 0) is 57.9 Å². The molecule has 26 heavy (non-hydrogen) atoms. The molecular formula is C20H28FN3O2. The van der Waals surface area contributed by atoms with Gasteiger partial charge in [-0.3, -0.25) is 0 Å². The van der Waals surface area contributed by atoms with Gasteiger partial charge in [-0.1, -0.05) is 12.1 Å². The molecule has 0 bridgehead atoms. The number of nitrogens with one attached hydrogen (secondary N) is 2. The number of nitrogens with zero attached hydrogens (tertiary/aromatic N) is 1. The summed E-state index contributed by atoms with van der Waals surface area (Å²) in [7, 11) is 0. The third kappa shape index (κ3) is 5.08. The molecule has 1 aromatic carbocycles. The predicted octanol–water partition coefficient (Wildman–Crippen LogP) is 3.31. The maximum absolute atomic E-state index is 13.4. The van der Waals surface area contributed by atoms with Crippen molar-refractivity contribution in [3.63, 3.8) is 0 Å². The number of aliphatic imine (C=N–C) groups is 1. The third-order valence-corrected chi connectivity index (χ3v) is 4.21. The van der Waals surface area contributed by atoms with Gasteiger partial charge in [-0.2, -0.15) is 0 Å². The number of benzene rings is 1. The van der Waals surface area contributed by atoms with Gasteiger partial charge >= 0.3 is 0 Å². The molecule has 6 heteroatoms. The van der Waals surface area contributed by atoms with Crippen LogP contribution in [-0.4, -0.2) is 24.2 Å². The number of aryl methyl sites for hydroxylation is 3. The quantitative estimate of drug-likeness (QED) is 0.545. The van der Waals surface area contributed by atoms with Crippen molar-refractivity contribution in [3.8, 4) is 0 Å². The number of aliphatic hydroxyl groups is 1. The zero-order chi connectivity index (χ0) is 19.3. The van der Waals surface area contributed by atoms with Crippen molar-refractivity contribution < 1.29 is 13.9 Å². The Labute approximate surface area is 154 Å². The fraction of sp³-hybridized carbons (Fsp3) is 0.450. The summed E-state index contributed by atoms with van der Waals surface area (Å²) in [5.41, 5.74) is 1.19. The van der Waals surface area contributed by atoms with Crippen molar-refractivity contribution in [2.24, 2.45) is 4.99 Å². The van der Waals surface area contributed by atoms with Crippen molar-refractivity contribution in [2.75, 3.05) is 13.1 Å². The van der Waals surface area contributed by atoms with E-state index in [0.717, 1.165) is 16.9 Å². The Kier molecular flexibility index (Phi) is 6.42. The molecule has 1 unspecified atom stereocenters. The van der Waals surface area contributed by atoms with Crippen molar-refractivity contribution in [1.82, 2.24) is 10.6 Å². The molecule has 0 saturated heterocycles. The van der Waals surface area contributed by atoms with E-state index >= 15 is 0 Å². The molecule has 5 nitrogen and oxygen atoms in total. The number of hydrogen-bond acceptors (Lipinski definition) is 3. The Morgan fingerprint density at radius 2 is 1.96 bits per heavy atom. The Morgan fingerprint density at radius 3 is 2.54 bits per heavy atom. The van der Waals surface area contributed by atoms with Gasteiger partial charge in [0.2, 0.25) is 0 Å². The number of hydrogen-bond donors (Lipinski definition) is 3. The summed E-state index contributed by atoms with van der Waals surface area (Å²) in [5, 5.41) is 17.1. The number of halogens is 1. The Bertz CT molecular complexity index is 781. The molecule has 0 aliphatic heterocycles. The highest BCUT2D eigenvalue weighted by molar-refractivity contribution is 5.79. The molecule has 0 radical (unpaired) electrons. The smallest absolute Gasteiger partial charge is 0.191 e. The summed E-state index contributed by atoms with van der Waals surface area (Å²) in [5.74, 6) is 1.85. The normalized spacial score (nSPS) is 14.2. The van der Waals surface area contributed by atoms with E-state index in [1.54, 1.807) is 26.0 Å². The van der Waals surface area contributed by atoms with E-state index in [-0.39, 0.29) is 12.4 Å². The lowest BCUT2D eigenvalue weighted by Crippen LogP contribution is -2.44.